The predicted octanol–water partition coefficient (Wildman–Crippen LogP) is 11.0. The van der Waals surface area contributed by atoms with E-state index in [9.17, 15) is 36.6 Å². The number of rotatable bonds is 7. The molecule has 4 aromatic carbocycles. The average Bonchev–Trinajstić information content (AvgIpc) is 3.72. The van der Waals surface area contributed by atoms with E-state index in [2.05, 4.69) is 21.8 Å². The van der Waals surface area contributed by atoms with Crippen LogP contribution in [-0.2, 0) is 18.8 Å². The minimum Gasteiger partial charge on any atom is -0.387 e. The largest absolute Gasteiger partial charge is 0.416 e. The fourth-order valence-corrected chi connectivity index (χ4v) is 7.15. The maximum absolute atomic E-state index is 12.7. The summed E-state index contributed by atoms with van der Waals surface area (Å²) in [6.45, 7) is 3.55. The number of aryl methyl sites for hydroxylation is 3. The van der Waals surface area contributed by atoms with Crippen molar-refractivity contribution in [2.24, 2.45) is 0 Å². The Labute approximate surface area is 305 Å². The van der Waals surface area contributed by atoms with Crippen LogP contribution in [0.5, 0.6) is 0 Å². The molecule has 52 heavy (non-hydrogen) atoms. The number of benzene rings is 4. The lowest BCUT2D eigenvalue weighted by atomic mass is 10.1. The first-order chi connectivity index (χ1) is 24.7. The van der Waals surface area contributed by atoms with Gasteiger partial charge in [-0.15, -0.1) is 22.7 Å². The number of hydrogen-bond donors (Lipinski definition) is 2. The highest BCUT2D eigenvalue weighted by Crippen LogP contribution is 2.37. The molecule has 0 saturated carbocycles. The van der Waals surface area contributed by atoms with Gasteiger partial charge in [0.25, 0.3) is 0 Å². The number of alkyl halides is 6. The van der Waals surface area contributed by atoms with E-state index in [1.807, 2.05) is 67.6 Å². The fourth-order valence-electron chi connectivity index (χ4n) is 5.05. The first-order valence-corrected chi connectivity index (χ1v) is 17.6. The molecule has 2 aromatic heterocycles. The summed E-state index contributed by atoms with van der Waals surface area (Å²) >= 11 is 2.55. The van der Waals surface area contributed by atoms with Gasteiger partial charge in [0, 0.05) is 16.7 Å². The van der Waals surface area contributed by atoms with Crippen molar-refractivity contribution in [3.63, 3.8) is 0 Å². The molecule has 0 radical (unpaired) electrons. The number of thiazole rings is 2. The summed E-state index contributed by atoms with van der Waals surface area (Å²) in [4.78, 5) is 10.1. The molecule has 0 amide bonds. The number of halogens is 6. The Hall–Kier alpha value is -4.80. The van der Waals surface area contributed by atoms with Crippen LogP contribution in [0, 0.1) is 25.7 Å². The normalized spacial score (nSPS) is 12.7. The van der Waals surface area contributed by atoms with Crippen molar-refractivity contribution >= 4 is 22.7 Å². The van der Waals surface area contributed by atoms with E-state index in [0.717, 1.165) is 46.7 Å². The summed E-state index contributed by atoms with van der Waals surface area (Å²) in [5.41, 5.74) is 3.06. The lowest BCUT2D eigenvalue weighted by molar-refractivity contribution is -0.138. The van der Waals surface area contributed by atoms with Gasteiger partial charge < -0.3 is 10.2 Å². The van der Waals surface area contributed by atoms with Crippen molar-refractivity contribution in [1.29, 1.82) is 0 Å². The van der Waals surface area contributed by atoms with E-state index < -0.39 is 35.7 Å². The van der Waals surface area contributed by atoms with Crippen molar-refractivity contribution in [2.45, 2.75) is 51.2 Å². The maximum Gasteiger partial charge on any atom is 0.416 e. The van der Waals surface area contributed by atoms with E-state index in [1.54, 1.807) is 6.92 Å². The molecule has 2 heterocycles. The summed E-state index contributed by atoms with van der Waals surface area (Å²) in [7, 11) is 0. The highest BCUT2D eigenvalue weighted by atomic mass is 32.1. The van der Waals surface area contributed by atoms with Crippen LogP contribution < -0.4 is 0 Å². The molecule has 2 N–H and O–H groups in total. The first-order valence-electron chi connectivity index (χ1n) is 16.0. The smallest absolute Gasteiger partial charge is 0.387 e. The van der Waals surface area contributed by atoms with Crippen LogP contribution in [0.4, 0.5) is 26.3 Å². The summed E-state index contributed by atoms with van der Waals surface area (Å²) in [6, 6.07) is 28.9. The lowest BCUT2D eigenvalue weighted by Crippen LogP contribution is -2.03. The summed E-state index contributed by atoms with van der Waals surface area (Å²) in [5.74, 6) is 5.67. The third-order valence-corrected chi connectivity index (χ3v) is 10.4. The van der Waals surface area contributed by atoms with Crippen molar-refractivity contribution in [2.75, 3.05) is 0 Å². The lowest BCUT2D eigenvalue weighted by Gasteiger charge is -2.09. The van der Waals surface area contributed by atoms with Crippen molar-refractivity contribution in [3.8, 4) is 33.0 Å². The zero-order valence-electron chi connectivity index (χ0n) is 27.8. The standard InChI is InChI=1S/C20H18F3NOS.C20H14F3NOS/c2*1-13-18(17(25)12-7-14-5-3-2-4-6-14)26-19(24-13)15-8-10-16(11-9-15)20(21,22)23/h2-6,8-11,17,25H,7,12H2,1H3;2-6,8-11,17,25H,1H3. The van der Waals surface area contributed by atoms with Crippen molar-refractivity contribution in [1.82, 2.24) is 9.97 Å². The average molecular weight is 751 g/mol. The fraction of sp³-hybridized carbons (Fsp3) is 0.200. The van der Waals surface area contributed by atoms with Gasteiger partial charge in [-0.1, -0.05) is 84.6 Å². The zero-order valence-corrected chi connectivity index (χ0v) is 29.5. The molecule has 0 aliphatic rings. The third kappa shape index (κ3) is 10.2. The van der Waals surface area contributed by atoms with Gasteiger partial charge in [0.2, 0.25) is 0 Å². The van der Waals surface area contributed by atoms with Gasteiger partial charge in [0.1, 0.15) is 10.0 Å². The second-order valence-corrected chi connectivity index (χ2v) is 13.7. The second-order valence-electron chi connectivity index (χ2n) is 11.7. The summed E-state index contributed by atoms with van der Waals surface area (Å²) in [5, 5.41) is 22.0. The molecule has 0 fully saturated rings. The van der Waals surface area contributed by atoms with Crippen LogP contribution in [-0.4, -0.2) is 20.2 Å². The Bertz CT molecular complexity index is 2120. The van der Waals surface area contributed by atoms with Crippen LogP contribution in [0.25, 0.3) is 21.1 Å². The van der Waals surface area contributed by atoms with E-state index >= 15 is 0 Å². The Morgan fingerprint density at radius 3 is 1.54 bits per heavy atom. The molecule has 0 aliphatic carbocycles. The molecule has 2 unspecified atom stereocenters. The van der Waals surface area contributed by atoms with Gasteiger partial charge in [0.05, 0.1) is 38.4 Å². The molecular formula is C40H32F6N2O2S2. The molecule has 6 rings (SSSR count). The number of aliphatic hydroxyl groups is 2. The predicted molar refractivity (Wildman–Crippen MR) is 193 cm³/mol. The van der Waals surface area contributed by atoms with Gasteiger partial charge in [-0.3, -0.25) is 0 Å². The van der Waals surface area contributed by atoms with E-state index in [-0.39, 0.29) is 0 Å². The zero-order chi connectivity index (χ0) is 37.5. The summed E-state index contributed by atoms with van der Waals surface area (Å²) < 4.78 is 76.0. The van der Waals surface area contributed by atoms with Gasteiger partial charge in [-0.25, -0.2) is 9.97 Å². The third-order valence-electron chi connectivity index (χ3n) is 7.81. The van der Waals surface area contributed by atoms with Crippen LogP contribution in [0.3, 0.4) is 0 Å². The van der Waals surface area contributed by atoms with Crippen LogP contribution in [0.2, 0.25) is 0 Å². The Morgan fingerprint density at radius 1 is 0.615 bits per heavy atom. The Kier molecular flexibility index (Phi) is 12.3. The van der Waals surface area contributed by atoms with E-state index in [0.29, 0.717) is 43.8 Å². The molecule has 2 atom stereocenters. The monoisotopic (exact) mass is 750 g/mol. The molecule has 4 nitrogen and oxygen atoms in total. The number of aromatic nitrogens is 2. The molecule has 0 bridgehead atoms. The molecule has 0 spiro atoms. The highest BCUT2D eigenvalue weighted by molar-refractivity contribution is 7.15. The van der Waals surface area contributed by atoms with Crippen molar-refractivity contribution < 1.29 is 36.6 Å². The van der Waals surface area contributed by atoms with Gasteiger partial charge in [-0.2, -0.15) is 26.3 Å². The number of hydrogen-bond acceptors (Lipinski definition) is 6. The molecule has 0 aliphatic heterocycles. The molecular weight excluding hydrogens is 719 g/mol. The number of nitrogens with zero attached hydrogens (tertiary/aromatic N) is 2. The van der Waals surface area contributed by atoms with Crippen LogP contribution >= 0.6 is 22.7 Å². The minimum atomic E-state index is -4.37. The van der Waals surface area contributed by atoms with Gasteiger partial charge in [0.15, 0.2) is 6.10 Å². The maximum atomic E-state index is 12.7. The molecule has 268 valence electrons. The van der Waals surface area contributed by atoms with Crippen LogP contribution in [0.1, 0.15) is 62.0 Å². The van der Waals surface area contributed by atoms with E-state index in [1.165, 1.54) is 46.9 Å². The van der Waals surface area contributed by atoms with Gasteiger partial charge in [-0.05, 0) is 68.7 Å². The minimum absolute atomic E-state index is 0.548. The second kappa shape index (κ2) is 16.7. The highest BCUT2D eigenvalue weighted by Gasteiger charge is 2.31. The first kappa shape index (κ1) is 38.4. The van der Waals surface area contributed by atoms with Gasteiger partial charge >= 0.3 is 12.4 Å². The van der Waals surface area contributed by atoms with Crippen LogP contribution in [0.15, 0.2) is 109 Å². The number of aliphatic hydroxyl groups excluding tert-OH is 2. The topological polar surface area (TPSA) is 66.2 Å². The van der Waals surface area contributed by atoms with E-state index in [4.69, 9.17) is 0 Å². The Morgan fingerprint density at radius 2 is 1.06 bits per heavy atom. The summed E-state index contributed by atoms with van der Waals surface area (Å²) in [6.07, 6.45) is -9.05. The quantitative estimate of drug-likeness (QED) is 0.126. The molecule has 0 saturated heterocycles. The molecule has 12 heteroatoms. The Balaban J connectivity index is 0.000000201. The SMILES string of the molecule is Cc1nc(-c2ccc(C(F)(F)F)cc2)sc1C(O)C#Cc1ccccc1.Cc1nc(-c2ccc(C(F)(F)F)cc2)sc1C(O)CCc1ccccc1. The van der Waals surface area contributed by atoms with Crippen molar-refractivity contribution in [3.05, 3.63) is 153 Å². The molecule has 6 aromatic rings.